The number of ether oxygens (including phenoxy) is 1. The molecule has 0 aliphatic heterocycles. The molecule has 1 aliphatic rings. The zero-order valence-corrected chi connectivity index (χ0v) is 18.4. The highest BCUT2D eigenvalue weighted by atomic mass is 32.2. The lowest BCUT2D eigenvalue weighted by molar-refractivity contribution is 0.415. The van der Waals surface area contributed by atoms with Gasteiger partial charge in [0.05, 0.1) is 17.7 Å². The van der Waals surface area contributed by atoms with Gasteiger partial charge in [-0.15, -0.1) is 0 Å². The molecule has 3 aromatic rings. The Hall–Kier alpha value is -3.13. The maximum Gasteiger partial charge on any atom is 0.267 e. The van der Waals surface area contributed by atoms with Gasteiger partial charge in [0.15, 0.2) is 0 Å². The van der Waals surface area contributed by atoms with E-state index in [9.17, 15) is 13.2 Å². The number of rotatable bonds is 6. The zero-order chi connectivity index (χ0) is 22.0. The molecule has 2 N–H and O–H groups in total. The van der Waals surface area contributed by atoms with E-state index in [4.69, 9.17) is 4.74 Å². The fourth-order valence-electron chi connectivity index (χ4n) is 4.01. The first kappa shape index (κ1) is 21.1. The van der Waals surface area contributed by atoms with Crippen LogP contribution >= 0.6 is 0 Å². The molecule has 2 aromatic carbocycles. The highest BCUT2D eigenvalue weighted by molar-refractivity contribution is 7.92. The molecule has 7 nitrogen and oxygen atoms in total. The van der Waals surface area contributed by atoms with Crippen LogP contribution in [0.2, 0.25) is 0 Å². The van der Waals surface area contributed by atoms with Crippen molar-refractivity contribution in [2.45, 2.75) is 43.9 Å². The topological polar surface area (TPSA) is 101 Å². The van der Waals surface area contributed by atoms with Crippen molar-refractivity contribution in [3.8, 4) is 17.0 Å². The van der Waals surface area contributed by atoms with Gasteiger partial charge < -0.3 is 4.74 Å². The summed E-state index contributed by atoms with van der Waals surface area (Å²) in [5.74, 6) is 0.646. The van der Waals surface area contributed by atoms with Crippen molar-refractivity contribution in [1.82, 2.24) is 10.2 Å². The van der Waals surface area contributed by atoms with Crippen LogP contribution in [0.5, 0.6) is 5.75 Å². The van der Waals surface area contributed by atoms with Crippen molar-refractivity contribution in [2.75, 3.05) is 11.8 Å². The lowest BCUT2D eigenvalue weighted by Crippen LogP contribution is -2.21. The highest BCUT2D eigenvalue weighted by Gasteiger charge is 2.23. The molecule has 0 atom stereocenters. The van der Waals surface area contributed by atoms with Gasteiger partial charge in [-0.2, -0.15) is 5.10 Å². The van der Waals surface area contributed by atoms with Gasteiger partial charge in [0.25, 0.3) is 15.6 Å². The number of benzene rings is 2. The number of aromatic nitrogens is 2. The van der Waals surface area contributed by atoms with Crippen LogP contribution in [0.3, 0.4) is 0 Å². The average Bonchev–Trinajstić information content (AvgIpc) is 2.79. The van der Waals surface area contributed by atoms with E-state index in [1.54, 1.807) is 37.4 Å². The van der Waals surface area contributed by atoms with Crippen molar-refractivity contribution in [1.29, 1.82) is 0 Å². The second-order valence-corrected chi connectivity index (χ2v) is 9.23. The van der Waals surface area contributed by atoms with Crippen LogP contribution in [-0.2, 0) is 29.3 Å². The van der Waals surface area contributed by atoms with Crippen LogP contribution in [-0.4, -0.2) is 25.7 Å². The number of H-pyrrole nitrogens is 1. The van der Waals surface area contributed by atoms with Crippen LogP contribution in [0, 0.1) is 0 Å². The van der Waals surface area contributed by atoms with Crippen molar-refractivity contribution < 1.29 is 13.2 Å². The number of methoxy groups -OCH3 is 1. The Kier molecular flexibility index (Phi) is 5.82. The summed E-state index contributed by atoms with van der Waals surface area (Å²) in [6.45, 7) is 1.92. The smallest absolute Gasteiger partial charge is 0.267 e. The fraction of sp³-hybridized carbons (Fsp3) is 0.304. The first-order valence-electron chi connectivity index (χ1n) is 10.3. The minimum absolute atomic E-state index is 0.155. The summed E-state index contributed by atoms with van der Waals surface area (Å²) in [6.07, 6.45) is 4.01. The molecule has 0 saturated heterocycles. The van der Waals surface area contributed by atoms with Crippen LogP contribution in [0.25, 0.3) is 11.3 Å². The molecule has 0 fully saturated rings. The largest absolute Gasteiger partial charge is 0.497 e. The second-order valence-electron chi connectivity index (χ2n) is 7.58. The number of hydrogen-bond donors (Lipinski definition) is 2. The third kappa shape index (κ3) is 4.20. The van der Waals surface area contributed by atoms with Crippen molar-refractivity contribution >= 4 is 15.7 Å². The SMILES string of the molecule is CCc1ccc(-c2n[nH]c(=O)c3c2CCCC3)cc1S(=O)(=O)Nc1ccc(OC)cc1. The molecule has 162 valence electrons. The predicted molar refractivity (Wildman–Crippen MR) is 120 cm³/mol. The zero-order valence-electron chi connectivity index (χ0n) is 17.6. The van der Waals surface area contributed by atoms with Crippen molar-refractivity contribution in [3.63, 3.8) is 0 Å². The number of aromatic amines is 1. The lowest BCUT2D eigenvalue weighted by Gasteiger charge is -2.18. The Labute approximate surface area is 181 Å². The summed E-state index contributed by atoms with van der Waals surface area (Å²) in [5.41, 5.74) is 4.02. The van der Waals surface area contributed by atoms with Crippen molar-refractivity contribution in [3.05, 3.63) is 69.5 Å². The maximum absolute atomic E-state index is 13.2. The van der Waals surface area contributed by atoms with E-state index in [1.807, 2.05) is 19.1 Å². The number of aryl methyl sites for hydroxylation is 1. The number of anilines is 1. The third-order valence-corrected chi connectivity index (χ3v) is 7.11. The summed E-state index contributed by atoms with van der Waals surface area (Å²) < 4.78 is 34.3. The molecule has 0 unspecified atom stereocenters. The normalized spacial score (nSPS) is 13.5. The molecule has 0 spiro atoms. The molecule has 0 amide bonds. The second kappa shape index (κ2) is 8.55. The summed E-state index contributed by atoms with van der Waals surface area (Å²) >= 11 is 0. The van der Waals surface area contributed by atoms with Crippen LogP contribution in [0.15, 0.2) is 52.2 Å². The number of sulfonamides is 1. The maximum atomic E-state index is 13.2. The van der Waals surface area contributed by atoms with Gasteiger partial charge in [-0.3, -0.25) is 9.52 Å². The molecule has 1 heterocycles. The molecule has 4 rings (SSSR count). The van der Waals surface area contributed by atoms with E-state index < -0.39 is 10.0 Å². The molecular weight excluding hydrogens is 414 g/mol. The standard InChI is InChI=1S/C23H25N3O4S/c1-3-15-8-9-16(22-19-6-4-5-7-20(19)23(27)25-24-22)14-21(15)31(28,29)26-17-10-12-18(30-2)13-11-17/h8-14,26H,3-7H2,1-2H3,(H,25,27). The Morgan fingerprint density at radius 1 is 1.06 bits per heavy atom. The third-order valence-electron chi connectivity index (χ3n) is 5.65. The van der Waals surface area contributed by atoms with Gasteiger partial charge in [0.1, 0.15) is 5.75 Å². The van der Waals surface area contributed by atoms with Crippen LogP contribution in [0.1, 0.15) is 36.5 Å². The van der Waals surface area contributed by atoms with Gasteiger partial charge in [0, 0.05) is 16.8 Å². The number of nitrogens with zero attached hydrogens (tertiary/aromatic N) is 1. The van der Waals surface area contributed by atoms with Crippen molar-refractivity contribution in [2.24, 2.45) is 0 Å². The lowest BCUT2D eigenvalue weighted by atomic mass is 9.89. The molecule has 1 aliphatic carbocycles. The summed E-state index contributed by atoms with van der Waals surface area (Å²) in [6, 6.07) is 12.1. The number of nitrogens with one attached hydrogen (secondary N) is 2. The van der Waals surface area contributed by atoms with E-state index in [0.717, 1.165) is 36.8 Å². The minimum atomic E-state index is -3.83. The first-order valence-corrected chi connectivity index (χ1v) is 11.8. The molecule has 1 aromatic heterocycles. The Balaban J connectivity index is 1.77. The van der Waals surface area contributed by atoms with Gasteiger partial charge >= 0.3 is 0 Å². The Bertz CT molecular complexity index is 1260. The number of hydrogen-bond acceptors (Lipinski definition) is 5. The van der Waals surface area contributed by atoms with E-state index in [-0.39, 0.29) is 10.5 Å². The molecule has 0 bridgehead atoms. The van der Waals surface area contributed by atoms with Crippen LogP contribution in [0.4, 0.5) is 5.69 Å². The van der Waals surface area contributed by atoms with Gasteiger partial charge in [-0.05, 0) is 73.6 Å². The molecule has 31 heavy (non-hydrogen) atoms. The van der Waals surface area contributed by atoms with Crippen LogP contribution < -0.4 is 15.0 Å². The number of fused-ring (bicyclic) bond motifs is 1. The first-order chi connectivity index (χ1) is 14.9. The summed E-state index contributed by atoms with van der Waals surface area (Å²) in [4.78, 5) is 12.4. The Morgan fingerprint density at radius 3 is 2.45 bits per heavy atom. The van der Waals surface area contributed by atoms with Gasteiger partial charge in [-0.25, -0.2) is 13.5 Å². The van der Waals surface area contributed by atoms with E-state index in [0.29, 0.717) is 34.7 Å². The van der Waals surface area contributed by atoms with E-state index in [2.05, 4.69) is 14.9 Å². The minimum Gasteiger partial charge on any atom is -0.497 e. The summed E-state index contributed by atoms with van der Waals surface area (Å²) in [5, 5.41) is 6.86. The quantitative estimate of drug-likeness (QED) is 0.610. The van der Waals surface area contributed by atoms with E-state index >= 15 is 0 Å². The average molecular weight is 440 g/mol. The molecular formula is C23H25N3O4S. The Morgan fingerprint density at radius 2 is 1.77 bits per heavy atom. The van der Waals surface area contributed by atoms with Gasteiger partial charge in [0.2, 0.25) is 0 Å². The molecule has 0 radical (unpaired) electrons. The molecule has 8 heteroatoms. The summed E-state index contributed by atoms with van der Waals surface area (Å²) in [7, 11) is -2.27. The highest BCUT2D eigenvalue weighted by Crippen LogP contribution is 2.31. The van der Waals surface area contributed by atoms with E-state index in [1.165, 1.54) is 0 Å². The monoisotopic (exact) mass is 439 g/mol. The van der Waals surface area contributed by atoms with Gasteiger partial charge in [-0.1, -0.05) is 19.1 Å². The molecule has 0 saturated carbocycles. The fourth-order valence-corrected chi connectivity index (χ4v) is 5.41. The predicted octanol–water partition coefficient (Wildman–Crippen LogP) is 3.69.